The van der Waals surface area contributed by atoms with Crippen LogP contribution in [0, 0.1) is 0 Å². The minimum absolute atomic E-state index is 0. The second-order valence-electron chi connectivity index (χ2n) is 7.06. The minimum atomic E-state index is -2.21. The van der Waals surface area contributed by atoms with Crippen LogP contribution in [0.4, 0.5) is 0 Å². The van der Waals surface area contributed by atoms with Crippen molar-refractivity contribution >= 4 is 38.3 Å². The van der Waals surface area contributed by atoms with Crippen molar-refractivity contribution in [2.24, 2.45) is 0 Å². The summed E-state index contributed by atoms with van der Waals surface area (Å²) in [6.07, 6.45) is 13.2. The van der Waals surface area contributed by atoms with Gasteiger partial charge in [-0.05, 0) is 0 Å². The Morgan fingerprint density at radius 1 is 0.963 bits per heavy atom. The number of hydrogen-bond acceptors (Lipinski definition) is 0. The van der Waals surface area contributed by atoms with E-state index in [0.29, 0.717) is 0 Å². The van der Waals surface area contributed by atoms with Gasteiger partial charge >= 0.3 is 146 Å². The molecule has 2 aromatic rings. The predicted molar refractivity (Wildman–Crippen MR) is 127 cm³/mol. The fourth-order valence-corrected chi connectivity index (χ4v) is 16.9. The molecule has 2 aliphatic rings. The summed E-state index contributed by atoms with van der Waals surface area (Å²) in [6.45, 7) is 4.00. The number of rotatable bonds is 3. The summed E-state index contributed by atoms with van der Waals surface area (Å²) < 4.78 is 5.18. The molecule has 2 atom stereocenters. The van der Waals surface area contributed by atoms with Crippen molar-refractivity contribution in [3.63, 3.8) is 0 Å². The molecule has 4 heteroatoms. The van der Waals surface area contributed by atoms with Gasteiger partial charge in [0.25, 0.3) is 0 Å². The summed E-state index contributed by atoms with van der Waals surface area (Å²) in [5, 5.41) is 0. The van der Waals surface area contributed by atoms with Crippen LogP contribution in [0.3, 0.4) is 0 Å². The van der Waals surface area contributed by atoms with Crippen LogP contribution in [-0.4, -0.2) is 7.37 Å². The molecule has 0 nitrogen and oxygen atoms in total. The first-order chi connectivity index (χ1) is 12.2. The van der Waals surface area contributed by atoms with Crippen LogP contribution in [0.1, 0.15) is 35.0 Å². The summed E-state index contributed by atoms with van der Waals surface area (Å²) >= 11 is -2.21. The second-order valence-corrected chi connectivity index (χ2v) is 30.9. The molecule has 2 unspecified atom stereocenters. The van der Waals surface area contributed by atoms with Gasteiger partial charge < -0.3 is 0 Å². The Hall–Kier alpha value is -0.660. The molecular formula is C23H30Cl2SiZr. The van der Waals surface area contributed by atoms with Crippen LogP contribution in [0.25, 0.3) is 17.2 Å². The Bertz CT molecular complexity index is 839. The predicted octanol–water partition coefficient (Wildman–Crippen LogP) is 6.62. The van der Waals surface area contributed by atoms with Crippen molar-refractivity contribution in [1.29, 1.82) is 0 Å². The van der Waals surface area contributed by atoms with Gasteiger partial charge in [0, 0.05) is 0 Å². The van der Waals surface area contributed by atoms with Crippen LogP contribution in [0.5, 0.6) is 0 Å². The van der Waals surface area contributed by atoms with Crippen LogP contribution in [0.2, 0.25) is 4.63 Å². The molecule has 0 aromatic heterocycles. The van der Waals surface area contributed by atoms with E-state index in [1.54, 1.807) is 8.84 Å². The van der Waals surface area contributed by atoms with Gasteiger partial charge in [-0.3, -0.25) is 0 Å². The summed E-state index contributed by atoms with van der Waals surface area (Å²) in [4.78, 5) is 0. The first-order valence-corrected chi connectivity index (χ1v) is 22.9. The summed E-state index contributed by atoms with van der Waals surface area (Å²) in [6, 6.07) is 17.7. The molecular weight excluding hydrogens is 466 g/mol. The number of allylic oxidation sites excluding steroid dienone is 5. The van der Waals surface area contributed by atoms with Gasteiger partial charge in [-0.15, -0.1) is 24.8 Å². The molecule has 2 aromatic carbocycles. The van der Waals surface area contributed by atoms with E-state index in [1.807, 2.05) is 13.8 Å². The van der Waals surface area contributed by atoms with E-state index in [1.165, 1.54) is 30.5 Å². The molecule has 0 amide bonds. The molecule has 0 spiro atoms. The SMILES string of the molecule is CC.Cl.Cl.[CH3][Zr]([SiH3])([C]1=CC=CC1)[CH]1C=Cc2c(-c3ccccc3)cccc21. The molecule has 0 N–H and O–H groups in total. The topological polar surface area (TPSA) is 0 Å². The van der Waals surface area contributed by atoms with Crippen molar-refractivity contribution < 1.29 is 19.4 Å². The molecule has 27 heavy (non-hydrogen) atoms. The zero-order valence-electron chi connectivity index (χ0n) is 16.6. The van der Waals surface area contributed by atoms with Gasteiger partial charge in [-0.2, -0.15) is 0 Å². The summed E-state index contributed by atoms with van der Waals surface area (Å²) in [7, 11) is 1.37. The van der Waals surface area contributed by atoms with Crippen LogP contribution < -0.4 is 0 Å². The number of hydrogen-bond donors (Lipinski definition) is 0. The number of fused-ring (bicyclic) bond motifs is 1. The molecule has 0 saturated carbocycles. The Balaban J connectivity index is 0.000000883. The first kappa shape index (κ1) is 24.4. The Morgan fingerprint density at radius 3 is 2.30 bits per heavy atom. The van der Waals surface area contributed by atoms with Gasteiger partial charge in [0.1, 0.15) is 0 Å². The maximum atomic E-state index is 2.65. The normalized spacial score (nSPS) is 18.3. The molecule has 2 aliphatic carbocycles. The Labute approximate surface area is 183 Å². The van der Waals surface area contributed by atoms with Gasteiger partial charge in [0.15, 0.2) is 0 Å². The van der Waals surface area contributed by atoms with Crippen LogP contribution in [0.15, 0.2) is 76.1 Å². The van der Waals surface area contributed by atoms with E-state index >= 15 is 0 Å². The van der Waals surface area contributed by atoms with Gasteiger partial charge in [-0.1, -0.05) is 13.8 Å². The third kappa shape index (κ3) is 4.85. The van der Waals surface area contributed by atoms with Crippen LogP contribution in [-0.2, 0) is 19.4 Å². The van der Waals surface area contributed by atoms with Gasteiger partial charge in [-0.25, -0.2) is 0 Å². The van der Waals surface area contributed by atoms with E-state index in [4.69, 9.17) is 0 Å². The maximum absolute atomic E-state index is 2.65. The zero-order valence-corrected chi connectivity index (χ0v) is 22.7. The van der Waals surface area contributed by atoms with Gasteiger partial charge in [0.05, 0.1) is 0 Å². The van der Waals surface area contributed by atoms with Crippen molar-refractivity contribution in [3.8, 4) is 11.1 Å². The average molecular weight is 497 g/mol. The molecule has 0 saturated heterocycles. The quantitative estimate of drug-likeness (QED) is 0.419. The van der Waals surface area contributed by atoms with E-state index in [2.05, 4.69) is 83.5 Å². The summed E-state index contributed by atoms with van der Waals surface area (Å²) in [5.41, 5.74) is 5.78. The molecule has 4 rings (SSSR count). The van der Waals surface area contributed by atoms with E-state index in [-0.39, 0.29) is 24.8 Å². The van der Waals surface area contributed by atoms with Gasteiger partial charge in [0.2, 0.25) is 0 Å². The standard InChI is InChI=1S/C15H11.C5H5.C2H6.CH3.2ClH.H3Si.Zr/c1-2-6-12(7-3-1)14-10-4-8-13-9-5-11-15(13)14;1-2-4-5-3-1;1-2;;;;;/h1-11H;1-3H,4H2;1-2H3;1H3;2*1H;1H3;. The molecule has 0 heterocycles. The molecule has 0 bridgehead atoms. The zero-order chi connectivity index (χ0) is 17.9. The van der Waals surface area contributed by atoms with Crippen molar-refractivity contribution in [3.05, 3.63) is 87.2 Å². The average Bonchev–Trinajstić information content (AvgIpc) is 3.34. The van der Waals surface area contributed by atoms with Crippen LogP contribution >= 0.6 is 24.8 Å². The third-order valence-electron chi connectivity index (χ3n) is 5.39. The van der Waals surface area contributed by atoms with E-state index in [0.717, 1.165) is 3.63 Å². The second kappa shape index (κ2) is 10.8. The molecule has 0 radical (unpaired) electrons. The number of halogens is 2. The van der Waals surface area contributed by atoms with Crippen molar-refractivity contribution in [1.82, 2.24) is 0 Å². The first-order valence-electron chi connectivity index (χ1n) is 9.40. The molecule has 0 aliphatic heterocycles. The fourth-order valence-electron chi connectivity index (χ4n) is 3.96. The Kier molecular flexibility index (Phi) is 9.72. The summed E-state index contributed by atoms with van der Waals surface area (Å²) in [5.74, 6) is 0. The van der Waals surface area contributed by atoms with Crippen molar-refractivity contribution in [2.75, 3.05) is 0 Å². The number of benzene rings is 2. The Morgan fingerprint density at radius 2 is 1.67 bits per heavy atom. The van der Waals surface area contributed by atoms with Crippen molar-refractivity contribution in [2.45, 2.75) is 28.5 Å². The molecule has 144 valence electrons. The monoisotopic (exact) mass is 494 g/mol. The van der Waals surface area contributed by atoms with E-state index < -0.39 is 19.4 Å². The molecule has 0 fully saturated rings. The fraction of sp³-hybridized carbons (Fsp3) is 0.217. The third-order valence-corrected chi connectivity index (χ3v) is 22.9. The van der Waals surface area contributed by atoms with E-state index in [9.17, 15) is 0 Å².